The Morgan fingerprint density at radius 2 is 1.68 bits per heavy atom. The third-order valence-electron chi connectivity index (χ3n) is 7.30. The van der Waals surface area contributed by atoms with Crippen molar-refractivity contribution in [1.29, 1.82) is 0 Å². The van der Waals surface area contributed by atoms with Crippen molar-refractivity contribution in [3.63, 3.8) is 0 Å². The molecule has 4 fully saturated rings. The van der Waals surface area contributed by atoms with Crippen molar-refractivity contribution in [2.45, 2.75) is 57.8 Å². The Kier molecular flexibility index (Phi) is 5.28. The number of halogens is 1. The molecule has 1 aromatic heterocycles. The molecule has 4 bridgehead atoms. The Morgan fingerprint density at radius 1 is 1.03 bits per heavy atom. The van der Waals surface area contributed by atoms with Gasteiger partial charge < -0.3 is 4.42 Å². The average molecular weight is 426 g/mol. The Balaban J connectivity index is 1.08. The summed E-state index contributed by atoms with van der Waals surface area (Å²) in [6, 6.07) is 6.31. The van der Waals surface area contributed by atoms with E-state index in [1.54, 1.807) is 18.2 Å². The number of carbonyl (C=O) groups is 2. The van der Waals surface area contributed by atoms with E-state index in [2.05, 4.69) is 15.8 Å². The van der Waals surface area contributed by atoms with Gasteiger partial charge in [-0.25, -0.2) is 9.37 Å². The number of amides is 2. The van der Waals surface area contributed by atoms with Crippen LogP contribution in [0, 0.1) is 29.0 Å². The molecule has 2 aromatic rings. The minimum atomic E-state index is -0.385. The first-order chi connectivity index (χ1) is 15.0. The maximum Gasteiger partial charge on any atom is 0.238 e. The molecule has 2 amide bonds. The lowest BCUT2D eigenvalue weighted by molar-refractivity contribution is -0.134. The highest BCUT2D eigenvalue weighted by molar-refractivity contribution is 5.82. The van der Waals surface area contributed by atoms with Crippen LogP contribution in [0.4, 0.5) is 4.39 Å². The Labute approximate surface area is 181 Å². The number of carbonyl (C=O) groups excluding carboxylic acids is 2. The van der Waals surface area contributed by atoms with Crippen LogP contribution in [0.3, 0.4) is 0 Å². The zero-order chi connectivity index (χ0) is 21.4. The highest BCUT2D eigenvalue weighted by Crippen LogP contribution is 2.61. The van der Waals surface area contributed by atoms with Crippen LogP contribution < -0.4 is 10.9 Å². The van der Waals surface area contributed by atoms with Crippen molar-refractivity contribution < 1.29 is 18.4 Å². The molecule has 6 nitrogen and oxygen atoms in total. The first-order valence-corrected chi connectivity index (χ1v) is 11.3. The quantitative estimate of drug-likeness (QED) is 0.681. The molecule has 4 saturated carbocycles. The van der Waals surface area contributed by atoms with Gasteiger partial charge in [-0.1, -0.05) is 12.1 Å². The topological polar surface area (TPSA) is 84.2 Å². The number of hydrazine groups is 1. The van der Waals surface area contributed by atoms with Crippen LogP contribution in [0.2, 0.25) is 0 Å². The zero-order valence-electron chi connectivity index (χ0n) is 17.5. The second-order valence-electron chi connectivity index (χ2n) is 9.79. The molecule has 4 aliphatic rings. The Hall–Kier alpha value is -2.70. The van der Waals surface area contributed by atoms with Crippen molar-refractivity contribution in [3.8, 4) is 11.3 Å². The number of hydrogen-bond donors (Lipinski definition) is 2. The van der Waals surface area contributed by atoms with Gasteiger partial charge in [0.2, 0.25) is 11.8 Å². The van der Waals surface area contributed by atoms with Gasteiger partial charge in [0.1, 0.15) is 5.82 Å². The second kappa shape index (κ2) is 8.09. The van der Waals surface area contributed by atoms with E-state index in [0.29, 0.717) is 23.6 Å². The van der Waals surface area contributed by atoms with Gasteiger partial charge in [0.15, 0.2) is 11.7 Å². The van der Waals surface area contributed by atoms with Gasteiger partial charge >= 0.3 is 0 Å². The van der Waals surface area contributed by atoms with Crippen LogP contribution in [0.15, 0.2) is 34.9 Å². The van der Waals surface area contributed by atoms with Crippen LogP contribution >= 0.6 is 0 Å². The summed E-state index contributed by atoms with van der Waals surface area (Å²) in [6.45, 7) is 0. The van der Waals surface area contributed by atoms with E-state index in [9.17, 15) is 14.0 Å². The van der Waals surface area contributed by atoms with E-state index in [4.69, 9.17) is 4.42 Å². The number of nitrogens with zero attached hydrogens (tertiary/aromatic N) is 1. The smallest absolute Gasteiger partial charge is 0.238 e. The predicted molar refractivity (Wildman–Crippen MR) is 112 cm³/mol. The number of aromatic nitrogens is 1. The van der Waals surface area contributed by atoms with Crippen molar-refractivity contribution >= 4 is 11.8 Å². The fourth-order valence-corrected chi connectivity index (χ4v) is 6.53. The molecule has 0 spiro atoms. The van der Waals surface area contributed by atoms with Crippen LogP contribution in [0.1, 0.15) is 57.3 Å². The molecule has 0 saturated heterocycles. The van der Waals surface area contributed by atoms with Gasteiger partial charge in [0, 0.05) is 19.3 Å². The van der Waals surface area contributed by atoms with Crippen LogP contribution in [-0.4, -0.2) is 16.8 Å². The number of aryl methyl sites for hydroxylation is 1. The lowest BCUT2D eigenvalue weighted by Crippen LogP contribution is -2.50. The first-order valence-electron chi connectivity index (χ1n) is 11.3. The second-order valence-corrected chi connectivity index (χ2v) is 9.79. The lowest BCUT2D eigenvalue weighted by atomic mass is 9.49. The average Bonchev–Trinajstić information content (AvgIpc) is 3.18. The minimum Gasteiger partial charge on any atom is -0.441 e. The van der Waals surface area contributed by atoms with Crippen molar-refractivity contribution in [3.05, 3.63) is 42.2 Å². The number of benzene rings is 1. The lowest BCUT2D eigenvalue weighted by Gasteiger charge is -2.56. The molecule has 0 atom stereocenters. The molecular formula is C24H28FN3O3. The summed E-state index contributed by atoms with van der Waals surface area (Å²) in [5, 5.41) is 0. The van der Waals surface area contributed by atoms with E-state index >= 15 is 0 Å². The number of oxazole rings is 1. The summed E-state index contributed by atoms with van der Waals surface area (Å²) in [4.78, 5) is 28.8. The minimum absolute atomic E-state index is 0.103. The van der Waals surface area contributed by atoms with Gasteiger partial charge in [0.05, 0.1) is 11.8 Å². The summed E-state index contributed by atoms with van der Waals surface area (Å²) in [5.74, 6) is 2.28. The Bertz CT molecular complexity index is 951. The predicted octanol–water partition coefficient (Wildman–Crippen LogP) is 4.17. The van der Waals surface area contributed by atoms with Crippen LogP contribution in [0.5, 0.6) is 0 Å². The molecule has 2 N–H and O–H groups in total. The molecular weight excluding hydrogens is 397 g/mol. The van der Waals surface area contributed by atoms with E-state index in [-0.39, 0.29) is 35.9 Å². The molecule has 0 aliphatic heterocycles. The van der Waals surface area contributed by atoms with E-state index in [1.807, 2.05) is 0 Å². The monoisotopic (exact) mass is 425 g/mol. The van der Waals surface area contributed by atoms with Crippen LogP contribution in [0.25, 0.3) is 11.3 Å². The number of hydrogen-bond acceptors (Lipinski definition) is 4. The van der Waals surface area contributed by atoms with Gasteiger partial charge in [-0.15, -0.1) is 0 Å². The molecule has 6 rings (SSSR count). The molecule has 164 valence electrons. The fraction of sp³-hybridized carbons (Fsp3) is 0.542. The van der Waals surface area contributed by atoms with Gasteiger partial charge in [-0.3, -0.25) is 20.4 Å². The first kappa shape index (κ1) is 20.2. The molecule has 31 heavy (non-hydrogen) atoms. The van der Waals surface area contributed by atoms with E-state index in [1.165, 1.54) is 31.5 Å². The maximum absolute atomic E-state index is 13.9. The standard InChI is InChI=1S/C24H28FN3O3/c25-19-4-2-1-3-18(19)20-14-26-23(31-20)6-5-21(29)27-28-22(30)13-24-10-15-7-16(11-24)9-17(8-15)12-24/h1-4,14-17H,5-13H2,(H,27,29)(H,28,30). The molecule has 0 unspecified atom stereocenters. The third-order valence-corrected chi connectivity index (χ3v) is 7.30. The van der Waals surface area contributed by atoms with Crippen molar-refractivity contribution in [2.75, 3.05) is 0 Å². The van der Waals surface area contributed by atoms with Crippen molar-refractivity contribution in [2.24, 2.45) is 23.2 Å². The fourth-order valence-electron chi connectivity index (χ4n) is 6.53. The molecule has 7 heteroatoms. The van der Waals surface area contributed by atoms with Crippen LogP contribution in [-0.2, 0) is 16.0 Å². The van der Waals surface area contributed by atoms with E-state index in [0.717, 1.165) is 37.0 Å². The molecule has 1 aromatic carbocycles. The van der Waals surface area contributed by atoms with Crippen molar-refractivity contribution in [1.82, 2.24) is 15.8 Å². The number of nitrogens with one attached hydrogen (secondary N) is 2. The SMILES string of the molecule is O=C(CCc1ncc(-c2ccccc2F)o1)NNC(=O)CC12CC3CC(CC(C3)C1)C2. The maximum atomic E-state index is 13.9. The molecule has 4 aliphatic carbocycles. The third kappa shape index (κ3) is 4.36. The summed E-state index contributed by atoms with van der Waals surface area (Å²) in [5.41, 5.74) is 5.59. The Morgan fingerprint density at radius 3 is 2.35 bits per heavy atom. The summed E-state index contributed by atoms with van der Waals surface area (Å²) in [6.07, 6.45) is 9.87. The summed E-state index contributed by atoms with van der Waals surface area (Å²) in [7, 11) is 0. The highest BCUT2D eigenvalue weighted by Gasteiger charge is 2.51. The largest absolute Gasteiger partial charge is 0.441 e. The zero-order valence-corrected chi connectivity index (χ0v) is 17.5. The molecule has 1 heterocycles. The van der Waals surface area contributed by atoms with Gasteiger partial charge in [-0.05, 0) is 73.8 Å². The normalized spacial score (nSPS) is 28.5. The van der Waals surface area contributed by atoms with Gasteiger partial charge in [-0.2, -0.15) is 0 Å². The number of rotatable bonds is 6. The summed E-state index contributed by atoms with van der Waals surface area (Å²) < 4.78 is 19.4. The van der Waals surface area contributed by atoms with Gasteiger partial charge in [0.25, 0.3) is 0 Å². The summed E-state index contributed by atoms with van der Waals surface area (Å²) >= 11 is 0. The van der Waals surface area contributed by atoms with E-state index < -0.39 is 0 Å². The highest BCUT2D eigenvalue weighted by atomic mass is 19.1. The molecule has 0 radical (unpaired) electrons.